The average molecular weight is 384 g/mol. The molecule has 0 saturated carbocycles. The summed E-state index contributed by atoms with van der Waals surface area (Å²) in [6.45, 7) is 2.10. The second-order valence-electron chi connectivity index (χ2n) is 6.51. The van der Waals surface area contributed by atoms with Crippen molar-refractivity contribution in [1.29, 1.82) is 5.26 Å². The van der Waals surface area contributed by atoms with Crippen molar-refractivity contribution < 1.29 is 9.13 Å². The highest BCUT2D eigenvalue weighted by atomic mass is 19.1. The molecule has 0 aliphatic rings. The monoisotopic (exact) mass is 384 g/mol. The van der Waals surface area contributed by atoms with Crippen molar-refractivity contribution in [2.45, 2.75) is 13.5 Å². The van der Waals surface area contributed by atoms with Crippen molar-refractivity contribution in [3.63, 3.8) is 0 Å². The van der Waals surface area contributed by atoms with Crippen LogP contribution in [0.4, 0.5) is 4.39 Å². The second-order valence-corrected chi connectivity index (χ2v) is 6.51. The molecule has 6 heteroatoms. The summed E-state index contributed by atoms with van der Waals surface area (Å²) in [6, 6.07) is 19.7. The summed E-state index contributed by atoms with van der Waals surface area (Å²) < 4.78 is 20.0. The van der Waals surface area contributed by atoms with Crippen LogP contribution in [0.25, 0.3) is 22.6 Å². The quantitative estimate of drug-likeness (QED) is 0.523. The third kappa shape index (κ3) is 3.99. The summed E-state index contributed by atoms with van der Waals surface area (Å²) in [5, 5.41) is 9.16. The Labute approximate surface area is 167 Å². The van der Waals surface area contributed by atoms with Gasteiger partial charge < -0.3 is 9.72 Å². The Balaban J connectivity index is 1.69. The number of pyridine rings is 1. The Hall–Kier alpha value is -3.98. The highest BCUT2D eigenvalue weighted by Gasteiger charge is 2.16. The first kappa shape index (κ1) is 18.4. The summed E-state index contributed by atoms with van der Waals surface area (Å²) in [5.74, 6) is 0.408. The standard InChI is InChI=1S/C23H17FN4O/c1-15-27-22(23(28-15)20-11-17(13-25)9-10-26-20)18-7-8-19(24)21(12-18)29-14-16-5-3-2-4-6-16/h2-12H,14H2,1H3,(H,27,28). The van der Waals surface area contributed by atoms with E-state index in [9.17, 15) is 4.39 Å². The molecule has 0 radical (unpaired) electrons. The molecule has 0 aliphatic heterocycles. The SMILES string of the molecule is Cc1nc(-c2cc(C#N)ccn2)c(-c2ccc(F)c(OCc3ccccc3)c2)[nH]1. The lowest BCUT2D eigenvalue weighted by molar-refractivity contribution is 0.290. The molecule has 4 rings (SSSR count). The van der Waals surface area contributed by atoms with Crippen LogP contribution in [0.2, 0.25) is 0 Å². The number of aromatic nitrogens is 3. The van der Waals surface area contributed by atoms with Gasteiger partial charge >= 0.3 is 0 Å². The molecule has 0 atom stereocenters. The third-order valence-electron chi connectivity index (χ3n) is 4.41. The number of ether oxygens (including phenoxy) is 1. The number of imidazole rings is 1. The van der Waals surface area contributed by atoms with Gasteiger partial charge in [-0.25, -0.2) is 9.37 Å². The van der Waals surface area contributed by atoms with Crippen molar-refractivity contribution in [3.05, 3.63) is 89.6 Å². The van der Waals surface area contributed by atoms with E-state index in [2.05, 4.69) is 21.0 Å². The van der Waals surface area contributed by atoms with E-state index in [1.54, 1.807) is 30.5 Å². The van der Waals surface area contributed by atoms with Crippen LogP contribution in [0.1, 0.15) is 17.0 Å². The number of H-pyrrole nitrogens is 1. The zero-order valence-corrected chi connectivity index (χ0v) is 15.7. The first-order chi connectivity index (χ1) is 14.1. The summed E-state index contributed by atoms with van der Waals surface area (Å²) in [5.41, 5.74) is 4.02. The fourth-order valence-electron chi connectivity index (χ4n) is 3.02. The molecule has 0 saturated heterocycles. The molecule has 1 N–H and O–H groups in total. The van der Waals surface area contributed by atoms with Gasteiger partial charge in [0.1, 0.15) is 18.1 Å². The number of nitrogens with zero attached hydrogens (tertiary/aromatic N) is 3. The van der Waals surface area contributed by atoms with Crippen LogP contribution in [0.15, 0.2) is 66.9 Å². The van der Waals surface area contributed by atoms with E-state index in [0.29, 0.717) is 34.0 Å². The number of aromatic amines is 1. The smallest absolute Gasteiger partial charge is 0.165 e. The Morgan fingerprint density at radius 3 is 2.72 bits per heavy atom. The fourth-order valence-corrected chi connectivity index (χ4v) is 3.02. The lowest BCUT2D eigenvalue weighted by atomic mass is 10.1. The van der Waals surface area contributed by atoms with Crippen LogP contribution < -0.4 is 4.74 Å². The number of hydrogen-bond acceptors (Lipinski definition) is 4. The van der Waals surface area contributed by atoms with Crippen molar-refractivity contribution in [3.8, 4) is 34.5 Å². The Morgan fingerprint density at radius 2 is 1.93 bits per heavy atom. The minimum Gasteiger partial charge on any atom is -0.486 e. The van der Waals surface area contributed by atoms with E-state index in [4.69, 9.17) is 10.00 Å². The van der Waals surface area contributed by atoms with Crippen LogP contribution in [0, 0.1) is 24.1 Å². The predicted molar refractivity (Wildman–Crippen MR) is 107 cm³/mol. The van der Waals surface area contributed by atoms with E-state index in [1.807, 2.05) is 37.3 Å². The topological polar surface area (TPSA) is 74.6 Å². The minimum absolute atomic E-state index is 0.156. The van der Waals surface area contributed by atoms with Gasteiger partial charge in [0.05, 0.1) is 23.0 Å². The first-order valence-corrected chi connectivity index (χ1v) is 9.04. The average Bonchev–Trinajstić information content (AvgIpc) is 3.15. The Kier molecular flexibility index (Phi) is 5.04. The van der Waals surface area contributed by atoms with E-state index >= 15 is 0 Å². The summed E-state index contributed by atoms with van der Waals surface area (Å²) in [6.07, 6.45) is 1.57. The van der Waals surface area contributed by atoms with Crippen LogP contribution >= 0.6 is 0 Å². The molecular weight excluding hydrogens is 367 g/mol. The van der Waals surface area contributed by atoms with Crippen LogP contribution in [0.5, 0.6) is 5.75 Å². The van der Waals surface area contributed by atoms with E-state index in [1.165, 1.54) is 6.07 Å². The van der Waals surface area contributed by atoms with Gasteiger partial charge in [-0.1, -0.05) is 30.3 Å². The molecule has 4 aromatic rings. The van der Waals surface area contributed by atoms with Gasteiger partial charge in [-0.2, -0.15) is 5.26 Å². The number of rotatable bonds is 5. The Morgan fingerprint density at radius 1 is 1.10 bits per heavy atom. The van der Waals surface area contributed by atoms with Gasteiger partial charge in [-0.05, 0) is 42.8 Å². The van der Waals surface area contributed by atoms with Crippen molar-refractivity contribution >= 4 is 0 Å². The maximum atomic E-state index is 14.3. The molecule has 2 aromatic heterocycles. The van der Waals surface area contributed by atoms with Crippen LogP contribution in [0.3, 0.4) is 0 Å². The second kappa shape index (κ2) is 7.95. The molecule has 0 unspecified atom stereocenters. The molecule has 29 heavy (non-hydrogen) atoms. The highest BCUT2D eigenvalue weighted by Crippen LogP contribution is 2.32. The number of benzene rings is 2. The zero-order valence-electron chi connectivity index (χ0n) is 15.7. The van der Waals surface area contributed by atoms with Crippen molar-refractivity contribution in [2.24, 2.45) is 0 Å². The molecule has 0 aliphatic carbocycles. The summed E-state index contributed by atoms with van der Waals surface area (Å²) in [7, 11) is 0. The summed E-state index contributed by atoms with van der Waals surface area (Å²) >= 11 is 0. The predicted octanol–water partition coefficient (Wildman–Crippen LogP) is 5.04. The third-order valence-corrected chi connectivity index (χ3v) is 4.41. The molecule has 2 heterocycles. The molecule has 2 aromatic carbocycles. The number of halogens is 1. The fraction of sp³-hybridized carbons (Fsp3) is 0.0870. The largest absolute Gasteiger partial charge is 0.486 e. The lowest BCUT2D eigenvalue weighted by Gasteiger charge is -2.10. The van der Waals surface area contributed by atoms with Gasteiger partial charge in [0.15, 0.2) is 11.6 Å². The summed E-state index contributed by atoms with van der Waals surface area (Å²) in [4.78, 5) is 12.1. The molecule has 5 nitrogen and oxygen atoms in total. The maximum Gasteiger partial charge on any atom is 0.165 e. The lowest BCUT2D eigenvalue weighted by Crippen LogP contribution is -1.98. The number of nitrogens with one attached hydrogen (secondary N) is 1. The van der Waals surface area contributed by atoms with Crippen molar-refractivity contribution in [1.82, 2.24) is 15.0 Å². The van der Waals surface area contributed by atoms with Gasteiger partial charge in [0.25, 0.3) is 0 Å². The van der Waals surface area contributed by atoms with Crippen LogP contribution in [-0.2, 0) is 6.61 Å². The van der Waals surface area contributed by atoms with Gasteiger partial charge in [-0.15, -0.1) is 0 Å². The normalized spacial score (nSPS) is 10.5. The molecule has 0 bridgehead atoms. The Bertz CT molecular complexity index is 1200. The van der Waals surface area contributed by atoms with Crippen molar-refractivity contribution in [2.75, 3.05) is 0 Å². The highest BCUT2D eigenvalue weighted by molar-refractivity contribution is 5.77. The first-order valence-electron chi connectivity index (χ1n) is 9.04. The van der Waals surface area contributed by atoms with Crippen LogP contribution in [-0.4, -0.2) is 15.0 Å². The van der Waals surface area contributed by atoms with E-state index in [0.717, 1.165) is 5.56 Å². The number of aryl methyl sites for hydroxylation is 1. The maximum absolute atomic E-state index is 14.3. The van der Waals surface area contributed by atoms with Gasteiger partial charge in [0, 0.05) is 11.8 Å². The molecular formula is C23H17FN4O. The molecule has 142 valence electrons. The molecule has 0 amide bonds. The number of nitriles is 1. The zero-order chi connectivity index (χ0) is 20.2. The molecule has 0 fully saturated rings. The van der Waals surface area contributed by atoms with Gasteiger partial charge in [-0.3, -0.25) is 4.98 Å². The van der Waals surface area contributed by atoms with Gasteiger partial charge in [0.2, 0.25) is 0 Å². The molecule has 0 spiro atoms. The number of hydrogen-bond donors (Lipinski definition) is 1. The van der Waals surface area contributed by atoms with E-state index in [-0.39, 0.29) is 12.4 Å². The minimum atomic E-state index is -0.438. The van der Waals surface area contributed by atoms with E-state index < -0.39 is 5.82 Å².